The van der Waals surface area contributed by atoms with Gasteiger partial charge < -0.3 is 14.6 Å². The zero-order valence-corrected chi connectivity index (χ0v) is 16.3. The van der Waals surface area contributed by atoms with Gasteiger partial charge in [0.1, 0.15) is 17.8 Å². The minimum Gasteiger partial charge on any atom is -0.465 e. The van der Waals surface area contributed by atoms with Crippen LogP contribution in [-0.4, -0.2) is 28.5 Å². The van der Waals surface area contributed by atoms with E-state index >= 15 is 0 Å². The summed E-state index contributed by atoms with van der Waals surface area (Å²) in [5, 5.41) is 3.53. The van der Waals surface area contributed by atoms with Gasteiger partial charge in [-0.05, 0) is 43.7 Å². The third-order valence-electron chi connectivity index (χ3n) is 4.25. The average molecular weight is 400 g/mol. The van der Waals surface area contributed by atoms with E-state index in [-0.39, 0.29) is 23.4 Å². The Morgan fingerprint density at radius 2 is 1.96 bits per heavy atom. The molecular weight excluding hydrogens is 382 g/mol. The molecular formula is C20H18ClN3O4. The molecule has 2 heterocycles. The summed E-state index contributed by atoms with van der Waals surface area (Å²) >= 11 is 5.99. The van der Waals surface area contributed by atoms with Gasteiger partial charge in [0.25, 0.3) is 0 Å². The first-order chi connectivity index (χ1) is 13.3. The number of aromatic nitrogens is 2. The molecule has 1 N–H and O–H groups in total. The molecule has 7 nitrogen and oxygen atoms in total. The number of methoxy groups -OCH3 is 1. The summed E-state index contributed by atoms with van der Waals surface area (Å²) in [6.07, 6.45) is 1.30. The van der Waals surface area contributed by atoms with Crippen LogP contribution in [0.5, 0.6) is 0 Å². The van der Waals surface area contributed by atoms with Gasteiger partial charge in [0.2, 0.25) is 11.3 Å². The molecule has 28 heavy (non-hydrogen) atoms. The second-order valence-corrected chi connectivity index (χ2v) is 6.76. The Labute approximate surface area is 165 Å². The third kappa shape index (κ3) is 3.89. The number of ether oxygens (including phenoxy) is 1. The van der Waals surface area contributed by atoms with Crippen LogP contribution in [0.3, 0.4) is 0 Å². The van der Waals surface area contributed by atoms with Crippen LogP contribution < -0.4 is 10.7 Å². The van der Waals surface area contributed by atoms with Gasteiger partial charge in [0, 0.05) is 22.6 Å². The number of carbonyl (C=O) groups excluding carboxylic acids is 2. The van der Waals surface area contributed by atoms with E-state index in [0.29, 0.717) is 22.1 Å². The molecule has 0 aliphatic rings. The summed E-state index contributed by atoms with van der Waals surface area (Å²) in [6.45, 7) is 3.47. The Kier molecular flexibility index (Phi) is 5.46. The van der Waals surface area contributed by atoms with Gasteiger partial charge >= 0.3 is 5.97 Å². The molecule has 0 aliphatic heterocycles. The van der Waals surface area contributed by atoms with Crippen molar-refractivity contribution >= 4 is 40.2 Å². The van der Waals surface area contributed by atoms with E-state index in [1.54, 1.807) is 37.3 Å². The first-order valence-electron chi connectivity index (χ1n) is 8.45. The second kappa shape index (κ2) is 7.82. The fraction of sp³-hybridized carbons (Fsp3) is 0.200. The van der Waals surface area contributed by atoms with Gasteiger partial charge in [-0.3, -0.25) is 9.59 Å². The molecule has 144 valence electrons. The van der Waals surface area contributed by atoms with Crippen LogP contribution in [0, 0.1) is 13.8 Å². The molecule has 1 amide bonds. The van der Waals surface area contributed by atoms with Crippen LogP contribution in [0.2, 0.25) is 5.02 Å². The Morgan fingerprint density at radius 1 is 1.21 bits per heavy atom. The standard InChI is InChI=1S/C20H18ClN3O4/c1-11-4-6-13(21)8-16(11)23-17(25)10-24-9-15(20(27)28-3)18(26)14-7-5-12(2)22-19(14)24/h4-9H,10H2,1-3H3,(H,23,25). The van der Waals surface area contributed by atoms with Crippen molar-refractivity contribution < 1.29 is 14.3 Å². The van der Waals surface area contributed by atoms with Gasteiger partial charge in [-0.15, -0.1) is 0 Å². The van der Waals surface area contributed by atoms with Crippen LogP contribution >= 0.6 is 11.6 Å². The average Bonchev–Trinajstić information content (AvgIpc) is 2.66. The molecule has 8 heteroatoms. The number of hydrogen-bond acceptors (Lipinski definition) is 5. The lowest BCUT2D eigenvalue weighted by molar-refractivity contribution is -0.116. The summed E-state index contributed by atoms with van der Waals surface area (Å²) in [7, 11) is 1.19. The molecule has 2 aromatic heterocycles. The molecule has 3 rings (SSSR count). The molecule has 0 saturated carbocycles. The van der Waals surface area contributed by atoms with Crippen LogP contribution in [0.1, 0.15) is 21.6 Å². The molecule has 0 unspecified atom stereocenters. The lowest BCUT2D eigenvalue weighted by atomic mass is 10.1. The minimum atomic E-state index is -0.771. The largest absolute Gasteiger partial charge is 0.465 e. The highest BCUT2D eigenvalue weighted by molar-refractivity contribution is 6.31. The van der Waals surface area contributed by atoms with E-state index in [9.17, 15) is 14.4 Å². The SMILES string of the molecule is COC(=O)c1cn(CC(=O)Nc2cc(Cl)ccc2C)c2nc(C)ccc2c1=O. The number of anilines is 1. The molecule has 0 spiro atoms. The number of pyridine rings is 2. The number of nitrogens with one attached hydrogen (secondary N) is 1. The lowest BCUT2D eigenvalue weighted by Gasteiger charge is -2.14. The molecule has 0 radical (unpaired) electrons. The van der Waals surface area contributed by atoms with Gasteiger partial charge in [-0.25, -0.2) is 9.78 Å². The van der Waals surface area contributed by atoms with Crippen LogP contribution in [0.25, 0.3) is 11.0 Å². The maximum atomic E-state index is 12.6. The Morgan fingerprint density at radius 3 is 2.68 bits per heavy atom. The smallest absolute Gasteiger partial charge is 0.343 e. The Bertz CT molecular complexity index is 1150. The van der Waals surface area contributed by atoms with E-state index < -0.39 is 11.4 Å². The Balaban J connectivity index is 2.04. The summed E-state index contributed by atoms with van der Waals surface area (Å²) in [6, 6.07) is 8.44. The predicted molar refractivity (Wildman–Crippen MR) is 107 cm³/mol. The van der Waals surface area contributed by atoms with E-state index in [1.807, 2.05) is 6.92 Å². The molecule has 1 aromatic carbocycles. The van der Waals surface area contributed by atoms with Crippen LogP contribution in [0.4, 0.5) is 5.69 Å². The number of amides is 1. The summed E-state index contributed by atoms with van der Waals surface area (Å²) < 4.78 is 6.15. The van der Waals surface area contributed by atoms with Crippen molar-refractivity contribution in [2.24, 2.45) is 0 Å². The van der Waals surface area contributed by atoms with Crippen molar-refractivity contribution in [1.29, 1.82) is 0 Å². The molecule has 3 aromatic rings. The highest BCUT2D eigenvalue weighted by Crippen LogP contribution is 2.20. The fourth-order valence-electron chi connectivity index (χ4n) is 2.81. The number of carbonyl (C=O) groups is 2. The van der Waals surface area contributed by atoms with Crippen molar-refractivity contribution in [1.82, 2.24) is 9.55 Å². The van der Waals surface area contributed by atoms with E-state index in [2.05, 4.69) is 15.0 Å². The number of esters is 1. The highest BCUT2D eigenvalue weighted by atomic mass is 35.5. The number of halogens is 1. The van der Waals surface area contributed by atoms with Gasteiger partial charge in [-0.2, -0.15) is 0 Å². The number of hydrogen-bond donors (Lipinski definition) is 1. The first kappa shape index (κ1) is 19.6. The van der Waals surface area contributed by atoms with Crippen molar-refractivity contribution in [3.05, 3.63) is 68.6 Å². The predicted octanol–water partition coefficient (Wildman–Crippen LogP) is 3.09. The monoisotopic (exact) mass is 399 g/mol. The molecule has 0 fully saturated rings. The first-order valence-corrected chi connectivity index (χ1v) is 8.83. The number of rotatable bonds is 4. The maximum absolute atomic E-state index is 12.6. The number of benzene rings is 1. The molecule has 0 aliphatic carbocycles. The fourth-order valence-corrected chi connectivity index (χ4v) is 2.98. The van der Waals surface area contributed by atoms with Crippen molar-refractivity contribution in [3.63, 3.8) is 0 Å². The van der Waals surface area contributed by atoms with Crippen molar-refractivity contribution in [2.75, 3.05) is 12.4 Å². The quantitative estimate of drug-likeness (QED) is 0.681. The zero-order valence-electron chi connectivity index (χ0n) is 15.6. The summed E-state index contributed by atoms with van der Waals surface area (Å²) in [5.41, 5.74) is 1.78. The third-order valence-corrected chi connectivity index (χ3v) is 4.49. The van der Waals surface area contributed by atoms with E-state index in [0.717, 1.165) is 5.56 Å². The topological polar surface area (TPSA) is 90.3 Å². The zero-order chi connectivity index (χ0) is 20.4. The van der Waals surface area contributed by atoms with Gasteiger partial charge in [0.15, 0.2) is 0 Å². The van der Waals surface area contributed by atoms with Gasteiger partial charge in [0.05, 0.1) is 12.5 Å². The maximum Gasteiger partial charge on any atom is 0.343 e. The van der Waals surface area contributed by atoms with E-state index in [1.165, 1.54) is 17.9 Å². The summed E-state index contributed by atoms with van der Waals surface area (Å²) in [5.74, 6) is -1.12. The molecule has 0 atom stereocenters. The normalized spacial score (nSPS) is 10.7. The van der Waals surface area contributed by atoms with E-state index in [4.69, 9.17) is 11.6 Å². The van der Waals surface area contributed by atoms with Crippen LogP contribution in [-0.2, 0) is 16.1 Å². The number of aryl methyl sites for hydroxylation is 2. The Hall–Kier alpha value is -3.19. The number of fused-ring (bicyclic) bond motifs is 1. The van der Waals surface area contributed by atoms with Gasteiger partial charge in [-0.1, -0.05) is 17.7 Å². The number of nitrogens with zero attached hydrogens (tertiary/aromatic N) is 2. The highest BCUT2D eigenvalue weighted by Gasteiger charge is 2.18. The lowest BCUT2D eigenvalue weighted by Crippen LogP contribution is -2.25. The summed E-state index contributed by atoms with van der Waals surface area (Å²) in [4.78, 5) is 41.5. The minimum absolute atomic E-state index is 0.150. The van der Waals surface area contributed by atoms with Crippen molar-refractivity contribution in [3.8, 4) is 0 Å². The van der Waals surface area contributed by atoms with Crippen molar-refractivity contribution in [2.45, 2.75) is 20.4 Å². The second-order valence-electron chi connectivity index (χ2n) is 6.32. The molecule has 0 bridgehead atoms. The van der Waals surface area contributed by atoms with Crippen LogP contribution in [0.15, 0.2) is 41.3 Å². The molecule has 0 saturated heterocycles.